The molecule has 0 aliphatic heterocycles. The molecule has 5 heteroatoms. The molecule has 0 bridgehead atoms. The standard InChI is InChI=1S/C14H16N2O2S/c1-3-18-14(17)12(13-10(2)15-9-19-13)16-11-7-5-4-6-8-11/h4-9,12,16H,3H2,1-2H3. The van der Waals surface area contributed by atoms with E-state index in [1.54, 1.807) is 12.4 Å². The van der Waals surface area contributed by atoms with Crippen molar-refractivity contribution in [2.24, 2.45) is 0 Å². The lowest BCUT2D eigenvalue weighted by Crippen LogP contribution is -2.23. The molecular weight excluding hydrogens is 260 g/mol. The van der Waals surface area contributed by atoms with Gasteiger partial charge in [0.2, 0.25) is 0 Å². The molecule has 100 valence electrons. The van der Waals surface area contributed by atoms with Crippen LogP contribution >= 0.6 is 11.3 Å². The number of anilines is 1. The van der Waals surface area contributed by atoms with Crippen molar-refractivity contribution >= 4 is 23.0 Å². The number of benzene rings is 1. The Morgan fingerprint density at radius 1 is 1.42 bits per heavy atom. The van der Waals surface area contributed by atoms with Gasteiger partial charge in [-0.1, -0.05) is 18.2 Å². The monoisotopic (exact) mass is 276 g/mol. The van der Waals surface area contributed by atoms with Crippen molar-refractivity contribution in [3.8, 4) is 0 Å². The highest BCUT2D eigenvalue weighted by Crippen LogP contribution is 2.26. The molecule has 0 aliphatic rings. The van der Waals surface area contributed by atoms with Gasteiger partial charge in [-0.3, -0.25) is 0 Å². The summed E-state index contributed by atoms with van der Waals surface area (Å²) < 4.78 is 5.13. The number of nitrogens with zero attached hydrogens (tertiary/aromatic N) is 1. The molecule has 0 saturated heterocycles. The molecule has 2 aromatic rings. The molecule has 1 aromatic heterocycles. The van der Waals surface area contributed by atoms with Crippen LogP contribution in [0.15, 0.2) is 35.8 Å². The molecule has 0 fully saturated rings. The summed E-state index contributed by atoms with van der Waals surface area (Å²) in [5.74, 6) is -0.279. The number of hydrogen-bond donors (Lipinski definition) is 1. The van der Waals surface area contributed by atoms with Gasteiger partial charge in [-0.2, -0.15) is 0 Å². The SMILES string of the molecule is CCOC(=O)C(Nc1ccccc1)c1scnc1C. The van der Waals surface area contributed by atoms with Crippen molar-refractivity contribution in [3.63, 3.8) is 0 Å². The van der Waals surface area contributed by atoms with Crippen LogP contribution in [0, 0.1) is 6.92 Å². The maximum absolute atomic E-state index is 12.1. The largest absolute Gasteiger partial charge is 0.464 e. The van der Waals surface area contributed by atoms with E-state index in [1.807, 2.05) is 37.3 Å². The minimum Gasteiger partial charge on any atom is -0.464 e. The van der Waals surface area contributed by atoms with E-state index in [1.165, 1.54) is 11.3 Å². The van der Waals surface area contributed by atoms with Gasteiger partial charge in [-0.05, 0) is 26.0 Å². The van der Waals surface area contributed by atoms with E-state index in [0.29, 0.717) is 6.61 Å². The number of aromatic nitrogens is 1. The maximum Gasteiger partial charge on any atom is 0.334 e. The van der Waals surface area contributed by atoms with Crippen molar-refractivity contribution in [3.05, 3.63) is 46.4 Å². The Hall–Kier alpha value is -1.88. The van der Waals surface area contributed by atoms with Crippen LogP contribution in [-0.4, -0.2) is 17.6 Å². The van der Waals surface area contributed by atoms with E-state index in [2.05, 4.69) is 10.3 Å². The van der Waals surface area contributed by atoms with Gasteiger partial charge in [0.15, 0.2) is 6.04 Å². The van der Waals surface area contributed by atoms with Gasteiger partial charge in [0.05, 0.1) is 22.7 Å². The first-order valence-electron chi connectivity index (χ1n) is 6.10. The molecule has 1 N–H and O–H groups in total. The Morgan fingerprint density at radius 2 is 2.16 bits per heavy atom. The van der Waals surface area contributed by atoms with Crippen LogP contribution in [0.5, 0.6) is 0 Å². The molecule has 0 aliphatic carbocycles. The first-order chi connectivity index (χ1) is 9.22. The minimum absolute atomic E-state index is 0.279. The lowest BCUT2D eigenvalue weighted by Gasteiger charge is -2.17. The van der Waals surface area contributed by atoms with Gasteiger partial charge in [-0.25, -0.2) is 9.78 Å². The second-order valence-electron chi connectivity index (χ2n) is 4.00. The Bertz CT molecular complexity index is 539. The van der Waals surface area contributed by atoms with E-state index in [4.69, 9.17) is 4.74 Å². The number of para-hydroxylation sites is 1. The average Bonchev–Trinajstić information content (AvgIpc) is 2.83. The molecule has 1 aromatic carbocycles. The van der Waals surface area contributed by atoms with Crippen LogP contribution in [0.3, 0.4) is 0 Å². The predicted octanol–water partition coefficient (Wildman–Crippen LogP) is 3.17. The highest BCUT2D eigenvalue weighted by molar-refractivity contribution is 7.10. The number of thiazole rings is 1. The molecule has 1 heterocycles. The second-order valence-corrected chi connectivity index (χ2v) is 4.88. The fourth-order valence-electron chi connectivity index (χ4n) is 1.75. The third-order valence-corrected chi connectivity index (χ3v) is 3.65. The van der Waals surface area contributed by atoms with Crippen molar-refractivity contribution in [1.29, 1.82) is 0 Å². The van der Waals surface area contributed by atoms with E-state index >= 15 is 0 Å². The summed E-state index contributed by atoms with van der Waals surface area (Å²) in [4.78, 5) is 17.2. The summed E-state index contributed by atoms with van der Waals surface area (Å²) in [6.45, 7) is 4.06. The predicted molar refractivity (Wildman–Crippen MR) is 76.3 cm³/mol. The van der Waals surface area contributed by atoms with Gasteiger partial charge in [0, 0.05) is 5.69 Å². The number of esters is 1. The Labute approximate surface area is 116 Å². The summed E-state index contributed by atoms with van der Waals surface area (Å²) >= 11 is 1.46. The van der Waals surface area contributed by atoms with Crippen molar-refractivity contribution < 1.29 is 9.53 Å². The number of nitrogens with one attached hydrogen (secondary N) is 1. The summed E-state index contributed by atoms with van der Waals surface area (Å²) in [6, 6.07) is 9.11. The van der Waals surface area contributed by atoms with Gasteiger partial charge in [0.25, 0.3) is 0 Å². The van der Waals surface area contributed by atoms with Crippen LogP contribution in [0.4, 0.5) is 5.69 Å². The zero-order chi connectivity index (χ0) is 13.7. The van der Waals surface area contributed by atoms with Crippen LogP contribution in [0.1, 0.15) is 23.5 Å². The van der Waals surface area contributed by atoms with E-state index in [-0.39, 0.29) is 5.97 Å². The molecule has 0 spiro atoms. The Kier molecular flexibility index (Phi) is 4.52. The van der Waals surface area contributed by atoms with Crippen LogP contribution in [-0.2, 0) is 9.53 Å². The lowest BCUT2D eigenvalue weighted by molar-refractivity contribution is -0.144. The highest BCUT2D eigenvalue weighted by Gasteiger charge is 2.25. The molecule has 4 nitrogen and oxygen atoms in total. The molecule has 0 saturated carbocycles. The number of aryl methyl sites for hydroxylation is 1. The maximum atomic E-state index is 12.1. The number of rotatable bonds is 5. The second kappa shape index (κ2) is 6.33. The van der Waals surface area contributed by atoms with Crippen LogP contribution in [0.25, 0.3) is 0 Å². The van der Waals surface area contributed by atoms with Gasteiger partial charge < -0.3 is 10.1 Å². The third-order valence-electron chi connectivity index (χ3n) is 2.65. The zero-order valence-corrected chi connectivity index (χ0v) is 11.7. The molecule has 2 rings (SSSR count). The summed E-state index contributed by atoms with van der Waals surface area (Å²) in [7, 11) is 0. The first-order valence-corrected chi connectivity index (χ1v) is 6.98. The normalized spacial score (nSPS) is 11.9. The highest BCUT2D eigenvalue weighted by atomic mass is 32.1. The van der Waals surface area contributed by atoms with Crippen LogP contribution < -0.4 is 5.32 Å². The lowest BCUT2D eigenvalue weighted by atomic mass is 10.2. The number of carbonyl (C=O) groups excluding carboxylic acids is 1. The van der Waals surface area contributed by atoms with E-state index < -0.39 is 6.04 Å². The molecule has 0 amide bonds. The van der Waals surface area contributed by atoms with Gasteiger partial charge in [-0.15, -0.1) is 11.3 Å². The summed E-state index contributed by atoms with van der Waals surface area (Å²) in [5, 5.41) is 3.20. The third kappa shape index (κ3) is 3.32. The van der Waals surface area contributed by atoms with Crippen molar-refractivity contribution in [2.75, 3.05) is 11.9 Å². The smallest absolute Gasteiger partial charge is 0.334 e. The fourth-order valence-corrected chi connectivity index (χ4v) is 2.59. The fraction of sp³-hybridized carbons (Fsp3) is 0.286. The Morgan fingerprint density at radius 3 is 2.74 bits per heavy atom. The topological polar surface area (TPSA) is 51.2 Å². The molecule has 19 heavy (non-hydrogen) atoms. The molecule has 1 atom stereocenters. The number of hydrogen-bond acceptors (Lipinski definition) is 5. The Balaban J connectivity index is 2.25. The van der Waals surface area contributed by atoms with Crippen molar-refractivity contribution in [1.82, 2.24) is 4.98 Å². The van der Waals surface area contributed by atoms with Crippen LogP contribution in [0.2, 0.25) is 0 Å². The number of carbonyl (C=O) groups is 1. The van der Waals surface area contributed by atoms with E-state index in [9.17, 15) is 4.79 Å². The van der Waals surface area contributed by atoms with Gasteiger partial charge in [0.1, 0.15) is 0 Å². The van der Waals surface area contributed by atoms with Crippen molar-refractivity contribution in [2.45, 2.75) is 19.9 Å². The first kappa shape index (κ1) is 13.5. The van der Waals surface area contributed by atoms with E-state index in [0.717, 1.165) is 16.3 Å². The average molecular weight is 276 g/mol. The zero-order valence-electron chi connectivity index (χ0n) is 10.9. The number of ether oxygens (including phenoxy) is 1. The quantitative estimate of drug-likeness (QED) is 0.852. The summed E-state index contributed by atoms with van der Waals surface area (Å²) in [5.41, 5.74) is 3.48. The minimum atomic E-state index is -0.505. The molecule has 1 unspecified atom stereocenters. The molecule has 0 radical (unpaired) electrons. The van der Waals surface area contributed by atoms with Gasteiger partial charge >= 0.3 is 5.97 Å². The molecular formula is C14H16N2O2S. The summed E-state index contributed by atoms with van der Waals surface area (Å²) in [6.07, 6.45) is 0.